The van der Waals surface area contributed by atoms with E-state index in [1.54, 1.807) is 24.4 Å². The minimum atomic E-state index is -5.25. The molecule has 0 heterocycles. The standard InChI is InChI=1S/C18H17ClF3N3O3/c1-11-6-3-4-9-14(11)15(26)23-17(16(27)28-2,18(20,21)22)25-24-13-8-5-7-12(19)10-13/h3-10,24-25H,1-2H3,(H,23,26). The minimum Gasteiger partial charge on any atom is -0.466 e. The number of ether oxygens (including phenoxy) is 1. The molecule has 0 saturated heterocycles. The highest BCUT2D eigenvalue weighted by molar-refractivity contribution is 6.30. The van der Waals surface area contributed by atoms with Crippen molar-refractivity contribution in [1.29, 1.82) is 0 Å². The molecule has 2 aromatic carbocycles. The predicted molar refractivity (Wildman–Crippen MR) is 97.7 cm³/mol. The van der Waals surface area contributed by atoms with Gasteiger partial charge in [0.2, 0.25) is 0 Å². The predicted octanol–water partition coefficient (Wildman–Crippen LogP) is 3.43. The Morgan fingerprint density at radius 2 is 1.75 bits per heavy atom. The van der Waals surface area contributed by atoms with E-state index in [9.17, 15) is 22.8 Å². The second-order valence-corrected chi connectivity index (χ2v) is 6.21. The summed E-state index contributed by atoms with van der Waals surface area (Å²) >= 11 is 5.80. The van der Waals surface area contributed by atoms with Gasteiger partial charge in [0.05, 0.1) is 12.8 Å². The van der Waals surface area contributed by atoms with Gasteiger partial charge < -0.3 is 15.5 Å². The Kier molecular flexibility index (Phi) is 6.52. The van der Waals surface area contributed by atoms with Crippen LogP contribution in [0.4, 0.5) is 18.9 Å². The first-order valence-corrected chi connectivity index (χ1v) is 8.30. The third-order valence-electron chi connectivity index (χ3n) is 3.83. The highest BCUT2D eigenvalue weighted by Crippen LogP contribution is 2.30. The van der Waals surface area contributed by atoms with Crippen molar-refractivity contribution < 1.29 is 27.5 Å². The van der Waals surface area contributed by atoms with Crippen molar-refractivity contribution in [3.05, 3.63) is 64.7 Å². The van der Waals surface area contributed by atoms with Crippen LogP contribution in [0.5, 0.6) is 0 Å². The van der Waals surface area contributed by atoms with Crippen LogP contribution >= 0.6 is 11.6 Å². The summed E-state index contributed by atoms with van der Waals surface area (Å²) in [5.41, 5.74) is 1.09. The third kappa shape index (κ3) is 4.55. The Morgan fingerprint density at radius 3 is 2.32 bits per heavy atom. The lowest BCUT2D eigenvalue weighted by Crippen LogP contribution is -2.73. The van der Waals surface area contributed by atoms with E-state index in [2.05, 4.69) is 10.2 Å². The maximum absolute atomic E-state index is 13.9. The van der Waals surface area contributed by atoms with Crippen LogP contribution in [0.2, 0.25) is 5.02 Å². The maximum atomic E-state index is 13.9. The van der Waals surface area contributed by atoms with E-state index in [4.69, 9.17) is 11.6 Å². The van der Waals surface area contributed by atoms with Crippen LogP contribution in [-0.4, -0.2) is 30.8 Å². The summed E-state index contributed by atoms with van der Waals surface area (Å²) < 4.78 is 46.1. The van der Waals surface area contributed by atoms with Gasteiger partial charge in [-0.3, -0.25) is 4.79 Å². The number of benzene rings is 2. The number of anilines is 1. The number of rotatable bonds is 6. The van der Waals surface area contributed by atoms with Gasteiger partial charge >= 0.3 is 17.8 Å². The molecule has 0 radical (unpaired) electrons. The molecule has 0 spiro atoms. The van der Waals surface area contributed by atoms with Gasteiger partial charge in [-0.2, -0.15) is 18.6 Å². The van der Waals surface area contributed by atoms with Crippen LogP contribution in [0.1, 0.15) is 15.9 Å². The zero-order chi connectivity index (χ0) is 20.9. The van der Waals surface area contributed by atoms with E-state index < -0.39 is 23.7 Å². The Labute approximate surface area is 164 Å². The van der Waals surface area contributed by atoms with Crippen LogP contribution in [0.15, 0.2) is 48.5 Å². The monoisotopic (exact) mass is 415 g/mol. The van der Waals surface area contributed by atoms with E-state index in [-0.39, 0.29) is 16.3 Å². The SMILES string of the molecule is COC(=O)C(NNc1cccc(Cl)c1)(NC(=O)c1ccccc1C)C(F)(F)F. The van der Waals surface area contributed by atoms with E-state index in [0.29, 0.717) is 5.56 Å². The van der Waals surface area contributed by atoms with Gasteiger partial charge in [0.15, 0.2) is 0 Å². The molecule has 0 saturated carbocycles. The molecule has 1 atom stereocenters. The molecule has 0 fully saturated rings. The van der Waals surface area contributed by atoms with Crippen molar-refractivity contribution in [2.75, 3.05) is 12.5 Å². The van der Waals surface area contributed by atoms with E-state index in [1.165, 1.54) is 36.4 Å². The number of hydrogen-bond donors (Lipinski definition) is 3. The van der Waals surface area contributed by atoms with Gasteiger partial charge in [0.25, 0.3) is 5.91 Å². The van der Waals surface area contributed by atoms with Crippen molar-refractivity contribution >= 4 is 29.2 Å². The minimum absolute atomic E-state index is 0.0235. The van der Waals surface area contributed by atoms with Crippen LogP contribution in [-0.2, 0) is 9.53 Å². The number of esters is 1. The highest BCUT2D eigenvalue weighted by atomic mass is 35.5. The smallest absolute Gasteiger partial charge is 0.438 e. The third-order valence-corrected chi connectivity index (χ3v) is 4.06. The van der Waals surface area contributed by atoms with Gasteiger partial charge in [-0.1, -0.05) is 35.9 Å². The molecule has 0 aliphatic carbocycles. The highest BCUT2D eigenvalue weighted by Gasteiger charge is 2.63. The quantitative estimate of drug-likeness (QED) is 0.383. The number of aryl methyl sites for hydroxylation is 1. The first kappa shape index (κ1) is 21.5. The summed E-state index contributed by atoms with van der Waals surface area (Å²) in [4.78, 5) is 24.6. The number of methoxy groups -OCH3 is 1. The molecule has 0 bridgehead atoms. The van der Waals surface area contributed by atoms with Gasteiger partial charge in [-0.25, -0.2) is 4.79 Å². The van der Waals surface area contributed by atoms with Gasteiger partial charge in [0.1, 0.15) is 0 Å². The molecule has 2 aromatic rings. The summed E-state index contributed by atoms with van der Waals surface area (Å²) in [6, 6.07) is 11.8. The van der Waals surface area contributed by atoms with Crippen LogP contribution in [0.25, 0.3) is 0 Å². The molecule has 28 heavy (non-hydrogen) atoms. The maximum Gasteiger partial charge on any atom is 0.438 e. The van der Waals surface area contributed by atoms with E-state index in [1.807, 2.05) is 5.43 Å². The number of alkyl halides is 3. The molecular weight excluding hydrogens is 399 g/mol. The normalized spacial score (nSPS) is 13.4. The van der Waals surface area contributed by atoms with E-state index >= 15 is 0 Å². The van der Waals surface area contributed by atoms with Crippen LogP contribution in [0, 0.1) is 6.92 Å². The molecule has 1 amide bonds. The van der Waals surface area contributed by atoms with Crippen molar-refractivity contribution in [3.63, 3.8) is 0 Å². The molecule has 1 unspecified atom stereocenters. The average Bonchev–Trinajstić information content (AvgIpc) is 2.63. The lowest BCUT2D eigenvalue weighted by molar-refractivity contribution is -0.215. The Morgan fingerprint density at radius 1 is 1.07 bits per heavy atom. The molecule has 3 N–H and O–H groups in total. The number of halogens is 4. The number of hydrogen-bond acceptors (Lipinski definition) is 5. The molecule has 150 valence electrons. The fraction of sp³-hybridized carbons (Fsp3) is 0.222. The number of amides is 1. The summed E-state index contributed by atoms with van der Waals surface area (Å²) in [5.74, 6) is -2.86. The lowest BCUT2D eigenvalue weighted by Gasteiger charge is -2.34. The second kappa shape index (κ2) is 8.49. The van der Waals surface area contributed by atoms with Gasteiger partial charge in [-0.05, 0) is 36.8 Å². The summed E-state index contributed by atoms with van der Waals surface area (Å²) in [5, 5.41) is 1.97. The summed E-state index contributed by atoms with van der Waals surface area (Å²) in [6.07, 6.45) is -5.25. The topological polar surface area (TPSA) is 79.5 Å². The average molecular weight is 416 g/mol. The van der Waals surface area contributed by atoms with Crippen molar-refractivity contribution in [2.24, 2.45) is 0 Å². The molecular formula is C18H17ClF3N3O3. The Hall–Kier alpha value is -2.78. The van der Waals surface area contributed by atoms with E-state index in [0.717, 1.165) is 7.11 Å². The Balaban J connectivity index is 2.41. The van der Waals surface area contributed by atoms with Gasteiger partial charge in [-0.15, -0.1) is 0 Å². The molecule has 0 aliphatic rings. The molecule has 6 nitrogen and oxygen atoms in total. The number of nitrogens with one attached hydrogen (secondary N) is 3. The first-order chi connectivity index (χ1) is 13.1. The molecule has 0 aromatic heterocycles. The number of hydrazine groups is 1. The van der Waals surface area contributed by atoms with Crippen LogP contribution < -0.4 is 16.2 Å². The fourth-order valence-electron chi connectivity index (χ4n) is 2.34. The molecule has 0 aliphatic heterocycles. The zero-order valence-corrected chi connectivity index (χ0v) is 15.6. The van der Waals surface area contributed by atoms with Crippen LogP contribution in [0.3, 0.4) is 0 Å². The van der Waals surface area contributed by atoms with Gasteiger partial charge in [0, 0.05) is 10.6 Å². The van der Waals surface area contributed by atoms with Crippen molar-refractivity contribution in [2.45, 2.75) is 18.8 Å². The summed E-state index contributed by atoms with van der Waals surface area (Å²) in [6.45, 7) is 1.56. The van der Waals surface area contributed by atoms with Crippen molar-refractivity contribution in [1.82, 2.24) is 10.7 Å². The lowest BCUT2D eigenvalue weighted by atomic mass is 10.1. The Bertz CT molecular complexity index is 876. The second-order valence-electron chi connectivity index (χ2n) is 5.77. The molecule has 2 rings (SSSR count). The fourth-order valence-corrected chi connectivity index (χ4v) is 2.53. The number of carbonyl (C=O) groups excluding carboxylic acids is 2. The first-order valence-electron chi connectivity index (χ1n) is 7.93. The molecule has 10 heteroatoms. The number of carbonyl (C=O) groups is 2. The van der Waals surface area contributed by atoms with Crippen molar-refractivity contribution in [3.8, 4) is 0 Å². The summed E-state index contributed by atoms with van der Waals surface area (Å²) in [7, 11) is 0.782. The largest absolute Gasteiger partial charge is 0.466 e. The zero-order valence-electron chi connectivity index (χ0n) is 14.9.